The summed E-state index contributed by atoms with van der Waals surface area (Å²) in [5, 5.41) is 13.9. The van der Waals surface area contributed by atoms with Crippen molar-refractivity contribution in [2.45, 2.75) is 167 Å². The van der Waals surface area contributed by atoms with Crippen molar-refractivity contribution >= 4 is 88.8 Å². The van der Waals surface area contributed by atoms with Gasteiger partial charge in [0, 0.05) is 82.3 Å². The molecule has 0 bridgehead atoms. The second kappa shape index (κ2) is 31.2. The number of carbonyl (C=O) groups excluding carboxylic acids is 3. The average molecular weight is 1450 g/mol. The smallest absolute Gasteiger partial charge is 0.356 e. The molecule has 4 aliphatic heterocycles. The third-order valence-electron chi connectivity index (χ3n) is 20.7. The lowest BCUT2D eigenvalue weighted by Gasteiger charge is -2.27. The molecule has 4 aromatic carbocycles. The number of hydrogen-bond acceptors (Lipinski definition) is 15. The number of carboxylic acids is 1. The first-order valence-electron chi connectivity index (χ1n) is 36.1. The second-order valence-corrected chi connectivity index (χ2v) is 33.1. The van der Waals surface area contributed by atoms with Gasteiger partial charge in [0.25, 0.3) is 17.7 Å². The molecular formula is C78H96N10O13S2. The van der Waals surface area contributed by atoms with Crippen LogP contribution in [0.3, 0.4) is 0 Å². The molecule has 25 heteroatoms. The van der Waals surface area contributed by atoms with Gasteiger partial charge in [0.05, 0.1) is 99.7 Å². The normalized spacial score (nSPS) is 16.7. The Balaban J connectivity index is 0.000000180. The number of nitrogens with zero attached hydrogens (tertiary/aromatic N) is 7. The Morgan fingerprint density at radius 2 is 0.961 bits per heavy atom. The summed E-state index contributed by atoms with van der Waals surface area (Å²) in [6, 6.07) is 23.0. The van der Waals surface area contributed by atoms with Crippen molar-refractivity contribution in [3.8, 4) is 34.0 Å². The predicted molar refractivity (Wildman–Crippen MR) is 401 cm³/mol. The fourth-order valence-corrected chi connectivity index (χ4v) is 16.4. The molecule has 2 saturated heterocycles. The van der Waals surface area contributed by atoms with E-state index < -0.39 is 48.3 Å². The van der Waals surface area contributed by atoms with Crippen molar-refractivity contribution in [3.05, 3.63) is 142 Å². The highest BCUT2D eigenvalue weighted by molar-refractivity contribution is 7.90. The molecule has 0 unspecified atom stereocenters. The lowest BCUT2D eigenvalue weighted by molar-refractivity contribution is 0.0299. The number of fused-ring (bicyclic) bond motifs is 10. The van der Waals surface area contributed by atoms with Crippen LogP contribution < -0.4 is 24.2 Å². The Morgan fingerprint density at radius 1 is 0.544 bits per heavy atom. The molecule has 2 saturated carbocycles. The van der Waals surface area contributed by atoms with Gasteiger partial charge in [0.15, 0.2) is 11.4 Å². The number of ether oxygens (including phenoxy) is 4. The Kier molecular flexibility index (Phi) is 22.4. The summed E-state index contributed by atoms with van der Waals surface area (Å²) in [6.07, 6.45) is 18.6. The lowest BCUT2D eigenvalue weighted by atomic mass is 9.81. The number of carbonyl (C=O) groups is 4. The van der Waals surface area contributed by atoms with Crippen molar-refractivity contribution in [3.63, 3.8) is 0 Å². The van der Waals surface area contributed by atoms with Crippen LogP contribution >= 0.6 is 0 Å². The number of methoxy groups -OCH3 is 2. The summed E-state index contributed by atoms with van der Waals surface area (Å²) in [7, 11) is -4.39. The topological polar surface area (TPSA) is 279 Å². The minimum atomic E-state index is -3.84. The maximum absolute atomic E-state index is 14.1. The number of sulfonamides is 2. The molecule has 4 N–H and O–H groups in total. The zero-order valence-corrected chi connectivity index (χ0v) is 62.3. The number of carboxylic acid groups (broad SMARTS) is 1. The summed E-state index contributed by atoms with van der Waals surface area (Å²) >= 11 is 0. The molecule has 8 aromatic rings. The first-order chi connectivity index (χ1) is 49.4. The van der Waals surface area contributed by atoms with Crippen LogP contribution in [0.15, 0.2) is 85.5 Å². The molecule has 0 atom stereocenters. The van der Waals surface area contributed by atoms with Gasteiger partial charge in [0.2, 0.25) is 20.0 Å². The van der Waals surface area contributed by atoms with E-state index in [1.807, 2.05) is 77.9 Å². The fourth-order valence-electron chi connectivity index (χ4n) is 15.2. The quantitative estimate of drug-likeness (QED) is 0.0699. The van der Waals surface area contributed by atoms with E-state index in [9.17, 15) is 41.1 Å². The highest BCUT2D eigenvalue weighted by Gasteiger charge is 2.36. The molecule has 103 heavy (non-hydrogen) atoms. The Labute approximate surface area is 603 Å². The zero-order chi connectivity index (χ0) is 73.2. The first kappa shape index (κ1) is 73.9. The van der Waals surface area contributed by atoms with Crippen molar-refractivity contribution in [1.29, 1.82) is 0 Å². The average Bonchev–Trinajstić information content (AvgIpc) is 1.58. The number of hydrogen-bond donors (Lipinski definition) is 4. The number of nitrogens with one attached hydrogen (secondary N) is 3. The Morgan fingerprint density at radius 3 is 1.34 bits per heavy atom. The summed E-state index contributed by atoms with van der Waals surface area (Å²) in [5.41, 5.74) is 13.8. The van der Waals surface area contributed by atoms with E-state index in [0.29, 0.717) is 68.4 Å². The first-order valence-corrected chi connectivity index (χ1v) is 39.2. The van der Waals surface area contributed by atoms with Gasteiger partial charge < -0.3 is 52.5 Å². The van der Waals surface area contributed by atoms with Crippen LogP contribution in [0.25, 0.3) is 67.6 Å². The van der Waals surface area contributed by atoms with E-state index in [1.165, 1.54) is 37.8 Å². The van der Waals surface area contributed by atoms with E-state index in [-0.39, 0.29) is 34.8 Å². The second-order valence-electron chi connectivity index (χ2n) is 28.6. The molecule has 6 aliphatic rings. The van der Waals surface area contributed by atoms with Crippen LogP contribution in [0.2, 0.25) is 0 Å². The molecule has 0 radical (unpaired) electrons. The van der Waals surface area contributed by atoms with Gasteiger partial charge in [0.1, 0.15) is 11.5 Å². The SMILES string of the molecule is C1COCCN1.COc1ccc2c(c1)C=C(c1c(C(=O)N3CCOCC3)ncn1C(C)C)Cn1c-2c(C2CCCCC2)c2ccc(C(=O)NS(=O)(=O)C(C)C)cc21.COc1ccc2c(c1)C=C(c1c(C(=O)O)ncn1C(C)C)Cn1c-2c(C2CCCCC2)c2ccc(C(=O)NS(=O)(=O)C(C)C)cc21. The maximum Gasteiger partial charge on any atom is 0.356 e. The molecule has 23 nitrogen and oxygen atoms in total. The van der Waals surface area contributed by atoms with Gasteiger partial charge in [-0.15, -0.1) is 0 Å². The molecule has 548 valence electrons. The van der Waals surface area contributed by atoms with Crippen LogP contribution in [0.4, 0.5) is 0 Å². The van der Waals surface area contributed by atoms with Crippen LogP contribution in [-0.4, -0.2) is 156 Å². The zero-order valence-electron chi connectivity index (χ0n) is 60.6. The summed E-state index contributed by atoms with van der Waals surface area (Å²) in [5.74, 6) is -0.585. The van der Waals surface area contributed by atoms with Crippen molar-refractivity contribution in [2.24, 2.45) is 0 Å². The fraction of sp³-hybridized carbons (Fsp3) is 0.462. The maximum atomic E-state index is 14.1. The van der Waals surface area contributed by atoms with Gasteiger partial charge in [-0.2, -0.15) is 0 Å². The summed E-state index contributed by atoms with van der Waals surface area (Å²) in [6.45, 7) is 20.8. The molecule has 8 heterocycles. The monoisotopic (exact) mass is 1440 g/mol. The predicted octanol–water partition coefficient (Wildman–Crippen LogP) is 13.1. The number of allylic oxidation sites excluding steroid dienone is 2. The number of benzene rings is 4. The number of rotatable bonds is 16. The van der Waals surface area contributed by atoms with E-state index in [2.05, 4.69) is 59.4 Å². The number of imidazole rings is 2. The van der Waals surface area contributed by atoms with E-state index in [4.69, 9.17) is 23.9 Å². The number of aromatic carboxylic acids is 1. The van der Waals surface area contributed by atoms with E-state index in [0.717, 1.165) is 156 Å². The molecule has 2 aliphatic carbocycles. The number of morpholine rings is 2. The van der Waals surface area contributed by atoms with Crippen molar-refractivity contribution < 1.29 is 60.1 Å². The summed E-state index contributed by atoms with van der Waals surface area (Å²) < 4.78 is 85.4. The van der Waals surface area contributed by atoms with E-state index in [1.54, 1.807) is 58.9 Å². The van der Waals surface area contributed by atoms with Crippen molar-refractivity contribution in [2.75, 3.05) is 66.8 Å². The Bertz CT molecular complexity index is 4830. The van der Waals surface area contributed by atoms with Gasteiger partial charge in [-0.05, 0) is 199 Å². The van der Waals surface area contributed by atoms with Crippen LogP contribution in [0.1, 0.15) is 219 Å². The largest absolute Gasteiger partial charge is 0.497 e. The highest BCUT2D eigenvalue weighted by Crippen LogP contribution is 2.51. The standard InChI is InChI=1S/C39H47N5O6S.C35H40N4O6S.C4H9NO/c1-24(2)44-23-40-35(39(46)42-15-17-50-18-16-42)36(44)29-19-28-20-30(49-5)12-14-31(28)37-34(26-9-7-6-8-10-26)32-13-11-27(21-33(32)43(37)22-29)38(45)41-51(47,48)25(3)4;1-20(2)39-19-36-31(35(41)42)32(39)25-15-24-16-26(45-5)12-14-27(24)33-30(22-9-7-6-8-10-22)28-13-11-23(17-29(28)38(33)18-25)34(40)37-46(43,44)21(3)4;1-3-6-4-2-5-1/h11-14,19-21,23-26H,6-10,15-18,22H2,1-5H3,(H,41,45);11-17,19-22H,6-10,18H2,1-5H3,(H,37,40)(H,41,42);5H,1-4H2. The van der Waals surface area contributed by atoms with Crippen LogP contribution in [0.5, 0.6) is 11.5 Å². The number of aromatic nitrogens is 6. The minimum absolute atomic E-state index is 0.0181. The van der Waals surface area contributed by atoms with Gasteiger partial charge >= 0.3 is 5.97 Å². The highest BCUT2D eigenvalue weighted by atomic mass is 32.2. The van der Waals surface area contributed by atoms with Crippen molar-refractivity contribution in [1.82, 2.24) is 47.9 Å². The van der Waals surface area contributed by atoms with Gasteiger partial charge in [-0.3, -0.25) is 14.4 Å². The Hall–Kier alpha value is -8.88. The molecule has 0 spiro atoms. The lowest BCUT2D eigenvalue weighted by Crippen LogP contribution is -2.41. The third kappa shape index (κ3) is 15.3. The van der Waals surface area contributed by atoms with Crippen LogP contribution in [-0.2, 0) is 42.6 Å². The number of amides is 3. The summed E-state index contributed by atoms with van der Waals surface area (Å²) in [4.78, 5) is 64.2. The molecule has 4 aromatic heterocycles. The molecule has 4 fully saturated rings. The van der Waals surface area contributed by atoms with E-state index >= 15 is 0 Å². The third-order valence-corrected chi connectivity index (χ3v) is 24.1. The van der Waals surface area contributed by atoms with Gasteiger partial charge in [-0.1, -0.05) is 50.7 Å². The molecular weight excluding hydrogens is 1350 g/mol. The molecule has 3 amide bonds. The van der Waals surface area contributed by atoms with Crippen LogP contribution in [0, 0.1) is 0 Å². The van der Waals surface area contributed by atoms with Gasteiger partial charge in [-0.25, -0.2) is 41.0 Å². The molecule has 14 rings (SSSR count). The minimum Gasteiger partial charge on any atom is -0.497 e.